The molecular formula is C15H27N3O2. The summed E-state index contributed by atoms with van der Waals surface area (Å²) in [7, 11) is 1.70. The van der Waals surface area contributed by atoms with Crippen molar-refractivity contribution in [3.8, 4) is 5.88 Å². The van der Waals surface area contributed by atoms with Gasteiger partial charge in [0.05, 0.1) is 12.3 Å². The summed E-state index contributed by atoms with van der Waals surface area (Å²) in [4.78, 5) is 6.72. The molecule has 0 atom stereocenters. The van der Waals surface area contributed by atoms with E-state index in [0.717, 1.165) is 12.4 Å². The molecule has 0 bridgehead atoms. The average Bonchev–Trinajstić information content (AvgIpc) is 2.31. The number of aromatic nitrogens is 1. The lowest BCUT2D eigenvalue weighted by molar-refractivity contribution is 0.125. The molecule has 114 valence electrons. The maximum absolute atomic E-state index is 5.94. The molecule has 0 saturated heterocycles. The van der Waals surface area contributed by atoms with Gasteiger partial charge in [-0.1, -0.05) is 0 Å². The van der Waals surface area contributed by atoms with Crippen LogP contribution in [0.4, 0.5) is 11.5 Å². The number of nitrogen functional groups attached to an aromatic ring is 1. The number of anilines is 2. The summed E-state index contributed by atoms with van der Waals surface area (Å²) >= 11 is 0. The van der Waals surface area contributed by atoms with Gasteiger partial charge in [0.25, 0.3) is 0 Å². The topological polar surface area (TPSA) is 60.6 Å². The first kappa shape index (κ1) is 16.6. The third-order valence-electron chi connectivity index (χ3n) is 2.73. The van der Waals surface area contributed by atoms with Gasteiger partial charge in [0.1, 0.15) is 11.4 Å². The van der Waals surface area contributed by atoms with Crippen LogP contribution in [0.3, 0.4) is 0 Å². The van der Waals surface area contributed by atoms with Gasteiger partial charge in [-0.25, -0.2) is 0 Å². The van der Waals surface area contributed by atoms with Gasteiger partial charge >= 0.3 is 0 Å². The Kier molecular flexibility index (Phi) is 5.62. The van der Waals surface area contributed by atoms with Crippen LogP contribution in [-0.4, -0.2) is 36.9 Å². The Labute approximate surface area is 122 Å². The monoisotopic (exact) mass is 281 g/mol. The van der Waals surface area contributed by atoms with Gasteiger partial charge in [0.15, 0.2) is 0 Å². The van der Waals surface area contributed by atoms with E-state index in [1.54, 1.807) is 7.11 Å². The van der Waals surface area contributed by atoms with Crippen molar-refractivity contribution in [1.29, 1.82) is 0 Å². The van der Waals surface area contributed by atoms with Gasteiger partial charge in [-0.15, -0.1) is 0 Å². The Morgan fingerprint density at radius 2 is 1.95 bits per heavy atom. The Morgan fingerprint density at radius 3 is 2.45 bits per heavy atom. The van der Waals surface area contributed by atoms with Crippen LogP contribution in [0, 0.1) is 0 Å². The quantitative estimate of drug-likeness (QED) is 0.868. The molecule has 0 aliphatic carbocycles. The zero-order valence-corrected chi connectivity index (χ0v) is 13.4. The molecule has 0 aliphatic heterocycles. The zero-order valence-electron chi connectivity index (χ0n) is 13.4. The van der Waals surface area contributed by atoms with E-state index >= 15 is 0 Å². The molecule has 0 aliphatic rings. The summed E-state index contributed by atoms with van der Waals surface area (Å²) in [6, 6.07) is 4.08. The van der Waals surface area contributed by atoms with E-state index in [9.17, 15) is 0 Å². The number of nitrogens with zero attached hydrogens (tertiary/aromatic N) is 2. The van der Waals surface area contributed by atoms with Crippen LogP contribution in [0.5, 0.6) is 5.88 Å². The predicted molar refractivity (Wildman–Crippen MR) is 83.4 cm³/mol. The molecule has 5 heteroatoms. The van der Waals surface area contributed by atoms with Gasteiger partial charge in [0, 0.05) is 19.7 Å². The molecule has 0 amide bonds. The van der Waals surface area contributed by atoms with E-state index < -0.39 is 0 Å². The highest BCUT2D eigenvalue weighted by Crippen LogP contribution is 2.27. The second-order valence-electron chi connectivity index (χ2n) is 6.06. The van der Waals surface area contributed by atoms with Crippen LogP contribution in [-0.2, 0) is 4.74 Å². The van der Waals surface area contributed by atoms with E-state index in [1.165, 1.54) is 0 Å². The molecule has 1 aromatic heterocycles. The summed E-state index contributed by atoms with van der Waals surface area (Å²) in [6.45, 7) is 11.6. The molecule has 5 nitrogen and oxygen atoms in total. The van der Waals surface area contributed by atoms with Crippen molar-refractivity contribution in [3.05, 3.63) is 12.1 Å². The molecule has 0 fully saturated rings. The molecule has 0 saturated carbocycles. The zero-order chi connectivity index (χ0) is 15.3. The highest BCUT2D eigenvalue weighted by atomic mass is 16.5. The lowest BCUT2D eigenvalue weighted by atomic mass is 10.2. The first-order valence-electron chi connectivity index (χ1n) is 6.95. The number of hydrogen-bond donors (Lipinski definition) is 1. The summed E-state index contributed by atoms with van der Waals surface area (Å²) < 4.78 is 11.0. The highest BCUT2D eigenvalue weighted by Gasteiger charge is 2.18. The second-order valence-corrected chi connectivity index (χ2v) is 6.06. The van der Waals surface area contributed by atoms with Crippen molar-refractivity contribution in [3.63, 3.8) is 0 Å². The predicted octanol–water partition coefficient (Wildman–Crippen LogP) is 2.70. The van der Waals surface area contributed by atoms with E-state index in [1.807, 2.05) is 32.9 Å². The molecule has 1 rings (SSSR count). The largest absolute Gasteiger partial charge is 0.470 e. The van der Waals surface area contributed by atoms with Crippen LogP contribution in [0.1, 0.15) is 34.6 Å². The summed E-state index contributed by atoms with van der Waals surface area (Å²) in [5.41, 5.74) is 6.17. The lowest BCUT2D eigenvalue weighted by Crippen LogP contribution is -2.34. The molecule has 2 N–H and O–H groups in total. The maximum atomic E-state index is 5.94. The summed E-state index contributed by atoms with van der Waals surface area (Å²) in [5.74, 6) is 1.34. The van der Waals surface area contributed by atoms with Crippen LogP contribution in [0.2, 0.25) is 0 Å². The SMILES string of the molecule is COCCN(c1ccc(N)c(OC(C)(C)C)n1)C(C)C. The fourth-order valence-corrected chi connectivity index (χ4v) is 1.80. The molecule has 1 aromatic rings. The average molecular weight is 281 g/mol. The van der Waals surface area contributed by atoms with Crippen LogP contribution in [0.25, 0.3) is 0 Å². The molecular weight excluding hydrogens is 254 g/mol. The van der Waals surface area contributed by atoms with Crippen LogP contribution < -0.4 is 15.4 Å². The Hall–Kier alpha value is -1.49. The van der Waals surface area contributed by atoms with Crippen molar-refractivity contribution in [2.24, 2.45) is 0 Å². The molecule has 20 heavy (non-hydrogen) atoms. The minimum atomic E-state index is -0.324. The van der Waals surface area contributed by atoms with Crippen molar-refractivity contribution < 1.29 is 9.47 Å². The number of pyridine rings is 1. The number of ether oxygens (including phenoxy) is 2. The number of rotatable bonds is 6. The fourth-order valence-electron chi connectivity index (χ4n) is 1.80. The van der Waals surface area contributed by atoms with Crippen LogP contribution in [0.15, 0.2) is 12.1 Å². The summed E-state index contributed by atoms with van der Waals surface area (Å²) in [5, 5.41) is 0. The second kappa shape index (κ2) is 6.79. The molecule has 0 spiro atoms. The first-order chi connectivity index (χ1) is 9.24. The molecule has 0 aromatic carbocycles. The number of nitrogens with two attached hydrogens (primary N) is 1. The Bertz CT molecular complexity index is 428. The standard InChI is InChI=1S/C15H27N3O2/c1-11(2)18(9-10-19-6)13-8-7-12(16)14(17-13)20-15(3,4)5/h7-8,11H,9-10,16H2,1-6H3. The van der Waals surface area contributed by atoms with Crippen molar-refractivity contribution in [1.82, 2.24) is 4.98 Å². The number of methoxy groups -OCH3 is 1. The normalized spacial score (nSPS) is 11.8. The fraction of sp³-hybridized carbons (Fsp3) is 0.667. The van der Waals surface area contributed by atoms with E-state index in [0.29, 0.717) is 24.2 Å². The van der Waals surface area contributed by atoms with Crippen molar-refractivity contribution >= 4 is 11.5 Å². The van der Waals surface area contributed by atoms with Gasteiger partial charge in [-0.2, -0.15) is 4.98 Å². The van der Waals surface area contributed by atoms with Crippen LogP contribution >= 0.6 is 0 Å². The number of hydrogen-bond acceptors (Lipinski definition) is 5. The molecule has 0 radical (unpaired) electrons. The van der Waals surface area contributed by atoms with Gasteiger partial charge < -0.3 is 20.1 Å². The van der Waals surface area contributed by atoms with Gasteiger partial charge in [0.2, 0.25) is 5.88 Å². The van der Waals surface area contributed by atoms with Crippen molar-refractivity contribution in [2.45, 2.75) is 46.3 Å². The van der Waals surface area contributed by atoms with E-state index in [2.05, 4.69) is 23.7 Å². The van der Waals surface area contributed by atoms with Gasteiger partial charge in [-0.3, -0.25) is 0 Å². The Balaban J connectivity index is 3.02. The van der Waals surface area contributed by atoms with E-state index in [-0.39, 0.29) is 5.60 Å². The van der Waals surface area contributed by atoms with Gasteiger partial charge in [-0.05, 0) is 46.8 Å². The Morgan fingerprint density at radius 1 is 1.30 bits per heavy atom. The third-order valence-corrected chi connectivity index (χ3v) is 2.73. The first-order valence-corrected chi connectivity index (χ1v) is 6.95. The summed E-state index contributed by atoms with van der Waals surface area (Å²) in [6.07, 6.45) is 0. The minimum Gasteiger partial charge on any atom is -0.470 e. The highest BCUT2D eigenvalue weighted by molar-refractivity contribution is 5.55. The molecule has 1 heterocycles. The molecule has 0 unspecified atom stereocenters. The van der Waals surface area contributed by atoms with Crippen molar-refractivity contribution in [2.75, 3.05) is 30.9 Å². The minimum absolute atomic E-state index is 0.323. The van der Waals surface area contributed by atoms with E-state index in [4.69, 9.17) is 15.2 Å². The maximum Gasteiger partial charge on any atom is 0.239 e. The lowest BCUT2D eigenvalue weighted by Gasteiger charge is -2.29. The third kappa shape index (κ3) is 4.89. The smallest absolute Gasteiger partial charge is 0.239 e.